The van der Waals surface area contributed by atoms with Crippen molar-refractivity contribution >= 4 is 0 Å². The van der Waals surface area contributed by atoms with Crippen LogP contribution in [0.15, 0.2) is 30.5 Å². The minimum atomic E-state index is -0.213. The number of nitrogens with zero attached hydrogens (tertiary/aromatic N) is 3. The molecule has 0 spiro atoms. The number of nitrogens with one attached hydrogen (secondary N) is 1. The molecule has 1 N–H and O–H groups in total. The van der Waals surface area contributed by atoms with E-state index in [0.29, 0.717) is 0 Å². The molecule has 3 rings (SSSR count). The fourth-order valence-electron chi connectivity index (χ4n) is 3.27. The highest BCUT2D eigenvalue weighted by Gasteiger charge is 2.28. The van der Waals surface area contributed by atoms with E-state index in [2.05, 4.69) is 40.8 Å². The molecule has 0 atom stereocenters. The van der Waals surface area contributed by atoms with Gasteiger partial charge in [-0.15, -0.1) is 0 Å². The molecule has 0 aliphatic carbocycles. The van der Waals surface area contributed by atoms with Gasteiger partial charge < -0.3 is 0 Å². The average Bonchev–Trinajstić information content (AvgIpc) is 3.04. The first-order valence-corrected chi connectivity index (χ1v) is 8.75. The van der Waals surface area contributed by atoms with Crippen LogP contribution in [0.4, 0.5) is 4.39 Å². The van der Waals surface area contributed by atoms with Gasteiger partial charge in [0.25, 0.3) is 0 Å². The van der Waals surface area contributed by atoms with Crippen molar-refractivity contribution in [3.63, 3.8) is 0 Å². The Hall–Kier alpha value is -1.72. The first kappa shape index (κ1) is 17.1. The van der Waals surface area contributed by atoms with Gasteiger partial charge >= 0.3 is 0 Å². The summed E-state index contributed by atoms with van der Waals surface area (Å²) in [6.45, 7) is 12.1. The Morgan fingerprint density at radius 2 is 1.79 bits per heavy atom. The van der Waals surface area contributed by atoms with E-state index in [9.17, 15) is 4.39 Å². The van der Waals surface area contributed by atoms with Gasteiger partial charge in [-0.2, -0.15) is 5.10 Å². The number of hydrogen-bond donors (Lipinski definition) is 1. The van der Waals surface area contributed by atoms with E-state index in [1.54, 1.807) is 12.1 Å². The van der Waals surface area contributed by atoms with Crippen LogP contribution in [-0.2, 0) is 6.54 Å². The van der Waals surface area contributed by atoms with Gasteiger partial charge in [-0.3, -0.25) is 14.9 Å². The van der Waals surface area contributed by atoms with Crippen LogP contribution in [0.3, 0.4) is 0 Å². The molecule has 1 aromatic carbocycles. The van der Waals surface area contributed by atoms with Crippen molar-refractivity contribution in [3.8, 4) is 11.3 Å². The van der Waals surface area contributed by atoms with Crippen molar-refractivity contribution in [2.75, 3.05) is 26.2 Å². The molecule has 1 saturated heterocycles. The van der Waals surface area contributed by atoms with Crippen molar-refractivity contribution in [3.05, 3.63) is 41.8 Å². The predicted octanol–water partition coefficient (Wildman–Crippen LogP) is 3.52. The third-order valence-electron chi connectivity index (χ3n) is 5.34. The largest absolute Gasteiger partial charge is 0.296 e. The van der Waals surface area contributed by atoms with Crippen LogP contribution < -0.4 is 0 Å². The van der Waals surface area contributed by atoms with Crippen LogP contribution >= 0.6 is 0 Å². The SMILES string of the molecule is CCC(C)(C)N1CCN(Cc2cn[nH]c2-c2ccc(F)cc2)CC1. The number of aromatic amines is 1. The van der Waals surface area contributed by atoms with Crippen molar-refractivity contribution in [1.29, 1.82) is 0 Å². The first-order valence-electron chi connectivity index (χ1n) is 8.75. The second-order valence-corrected chi connectivity index (χ2v) is 7.21. The van der Waals surface area contributed by atoms with Crippen LogP contribution in [0.25, 0.3) is 11.3 Å². The molecule has 4 nitrogen and oxygen atoms in total. The molecule has 1 aromatic heterocycles. The Labute approximate surface area is 143 Å². The Balaban J connectivity index is 1.64. The van der Waals surface area contributed by atoms with Crippen LogP contribution in [0, 0.1) is 5.82 Å². The molecule has 0 saturated carbocycles. The van der Waals surface area contributed by atoms with Crippen molar-refractivity contribution in [1.82, 2.24) is 20.0 Å². The number of hydrogen-bond acceptors (Lipinski definition) is 3. The molecule has 130 valence electrons. The van der Waals surface area contributed by atoms with Gasteiger partial charge in [0, 0.05) is 49.4 Å². The van der Waals surface area contributed by atoms with Crippen molar-refractivity contribution in [2.45, 2.75) is 39.3 Å². The monoisotopic (exact) mass is 330 g/mol. The number of piperazine rings is 1. The van der Waals surface area contributed by atoms with Crippen LogP contribution in [-0.4, -0.2) is 51.7 Å². The van der Waals surface area contributed by atoms with Gasteiger partial charge in [0.15, 0.2) is 0 Å². The van der Waals surface area contributed by atoms with E-state index in [4.69, 9.17) is 0 Å². The third kappa shape index (κ3) is 3.68. The Morgan fingerprint density at radius 1 is 1.12 bits per heavy atom. The third-order valence-corrected chi connectivity index (χ3v) is 5.34. The van der Waals surface area contributed by atoms with Gasteiger partial charge in [-0.25, -0.2) is 4.39 Å². The van der Waals surface area contributed by atoms with Gasteiger partial charge in [0.05, 0.1) is 11.9 Å². The standard InChI is InChI=1S/C19H27FN4/c1-4-19(2,3)24-11-9-23(10-12-24)14-16-13-21-22-18(16)15-5-7-17(20)8-6-15/h5-8,13H,4,9-12,14H2,1-3H3,(H,21,22). The second-order valence-electron chi connectivity index (χ2n) is 7.21. The molecule has 0 bridgehead atoms. The zero-order chi connectivity index (χ0) is 17.2. The maximum absolute atomic E-state index is 13.1. The summed E-state index contributed by atoms with van der Waals surface area (Å²) in [5, 5.41) is 7.26. The van der Waals surface area contributed by atoms with E-state index >= 15 is 0 Å². The zero-order valence-corrected chi connectivity index (χ0v) is 14.8. The molecular formula is C19H27FN4. The number of halogens is 1. The second kappa shape index (κ2) is 7.03. The van der Waals surface area contributed by atoms with Crippen LogP contribution in [0.2, 0.25) is 0 Å². The lowest BCUT2D eigenvalue weighted by Gasteiger charge is -2.43. The highest BCUT2D eigenvalue weighted by molar-refractivity contribution is 5.62. The lowest BCUT2D eigenvalue weighted by atomic mass is 9.98. The lowest BCUT2D eigenvalue weighted by Crippen LogP contribution is -2.54. The molecule has 2 aromatic rings. The maximum atomic E-state index is 13.1. The Kier molecular flexibility index (Phi) is 5.01. The number of benzene rings is 1. The summed E-state index contributed by atoms with van der Waals surface area (Å²) in [6, 6.07) is 6.58. The minimum Gasteiger partial charge on any atom is -0.296 e. The van der Waals surface area contributed by atoms with E-state index in [1.807, 2.05) is 6.20 Å². The zero-order valence-electron chi connectivity index (χ0n) is 14.8. The quantitative estimate of drug-likeness (QED) is 0.911. The van der Waals surface area contributed by atoms with Crippen molar-refractivity contribution < 1.29 is 4.39 Å². The van der Waals surface area contributed by atoms with E-state index in [0.717, 1.165) is 44.0 Å². The Bertz CT molecular complexity index is 654. The predicted molar refractivity (Wildman–Crippen MR) is 95.2 cm³/mol. The van der Waals surface area contributed by atoms with Gasteiger partial charge in [-0.1, -0.05) is 6.92 Å². The number of aromatic nitrogens is 2. The van der Waals surface area contributed by atoms with Gasteiger partial charge in [0.1, 0.15) is 5.82 Å². The summed E-state index contributed by atoms with van der Waals surface area (Å²) in [6.07, 6.45) is 3.06. The Morgan fingerprint density at radius 3 is 2.42 bits per heavy atom. The molecule has 24 heavy (non-hydrogen) atoms. The number of H-pyrrole nitrogens is 1. The smallest absolute Gasteiger partial charge is 0.123 e. The molecular weight excluding hydrogens is 303 g/mol. The maximum Gasteiger partial charge on any atom is 0.123 e. The minimum absolute atomic E-state index is 0.213. The van der Waals surface area contributed by atoms with Gasteiger partial charge in [0.2, 0.25) is 0 Å². The van der Waals surface area contributed by atoms with Crippen LogP contribution in [0.1, 0.15) is 32.8 Å². The number of rotatable bonds is 5. The lowest BCUT2D eigenvalue weighted by molar-refractivity contribution is 0.0471. The molecule has 0 amide bonds. The molecule has 0 radical (unpaired) electrons. The summed E-state index contributed by atoms with van der Waals surface area (Å²) in [7, 11) is 0. The fraction of sp³-hybridized carbons (Fsp3) is 0.526. The molecule has 1 fully saturated rings. The summed E-state index contributed by atoms with van der Waals surface area (Å²) in [4.78, 5) is 5.06. The molecule has 1 aliphatic heterocycles. The molecule has 1 aliphatic rings. The van der Waals surface area contributed by atoms with Crippen molar-refractivity contribution in [2.24, 2.45) is 0 Å². The summed E-state index contributed by atoms with van der Waals surface area (Å²) >= 11 is 0. The summed E-state index contributed by atoms with van der Waals surface area (Å²) in [5.74, 6) is -0.213. The fourth-order valence-corrected chi connectivity index (χ4v) is 3.27. The molecule has 0 unspecified atom stereocenters. The van der Waals surface area contributed by atoms with E-state index in [-0.39, 0.29) is 11.4 Å². The normalized spacial score (nSPS) is 17.3. The highest BCUT2D eigenvalue weighted by Crippen LogP contribution is 2.24. The topological polar surface area (TPSA) is 35.2 Å². The molecule has 2 heterocycles. The summed E-state index contributed by atoms with van der Waals surface area (Å²) in [5.41, 5.74) is 3.42. The van der Waals surface area contributed by atoms with Gasteiger partial charge in [-0.05, 0) is 44.5 Å². The summed E-state index contributed by atoms with van der Waals surface area (Å²) < 4.78 is 13.1. The van der Waals surface area contributed by atoms with E-state index < -0.39 is 0 Å². The van der Waals surface area contributed by atoms with Crippen LogP contribution in [0.5, 0.6) is 0 Å². The van der Waals surface area contributed by atoms with E-state index in [1.165, 1.54) is 24.1 Å². The molecule has 5 heteroatoms. The average molecular weight is 330 g/mol. The highest BCUT2D eigenvalue weighted by atomic mass is 19.1. The first-order chi connectivity index (χ1) is 11.5.